The Morgan fingerprint density at radius 1 is 1.25 bits per heavy atom. The highest BCUT2D eigenvalue weighted by Gasteiger charge is 2.28. The normalized spacial score (nSPS) is 12.3. The number of hydrogen-bond donors (Lipinski definition) is 3. The molecule has 1 amide bonds. The summed E-state index contributed by atoms with van der Waals surface area (Å²) in [6.45, 7) is 1.94. The van der Waals surface area contributed by atoms with Gasteiger partial charge < -0.3 is 9.47 Å². The molecule has 0 aliphatic heterocycles. The van der Waals surface area contributed by atoms with E-state index in [4.69, 9.17) is 14.7 Å². The number of amides is 1. The van der Waals surface area contributed by atoms with Gasteiger partial charge in [-0.15, -0.1) is 0 Å². The lowest BCUT2D eigenvalue weighted by Gasteiger charge is -2.16. The molecule has 134 valence electrons. The maximum Gasteiger partial charge on any atom is 0.307 e. The Morgan fingerprint density at radius 2 is 1.88 bits per heavy atom. The fourth-order valence-electron chi connectivity index (χ4n) is 1.72. The summed E-state index contributed by atoms with van der Waals surface area (Å²) >= 11 is 0. The van der Waals surface area contributed by atoms with Gasteiger partial charge >= 0.3 is 5.97 Å². The molecule has 3 N–H and O–H groups in total. The van der Waals surface area contributed by atoms with Crippen molar-refractivity contribution in [2.45, 2.75) is 30.7 Å². The predicted molar refractivity (Wildman–Crippen MR) is 82.9 cm³/mol. The number of carbonyl (C=O) groups is 2. The van der Waals surface area contributed by atoms with E-state index in [2.05, 4.69) is 4.72 Å². The molecular formula is C14H20N2O7S. The molecule has 0 aliphatic carbocycles. The Kier molecular flexibility index (Phi) is 7.62. The van der Waals surface area contributed by atoms with E-state index >= 15 is 0 Å². The van der Waals surface area contributed by atoms with Crippen LogP contribution in [0, 0.1) is 0 Å². The molecule has 0 saturated carbocycles. The number of benzene rings is 1. The summed E-state index contributed by atoms with van der Waals surface area (Å²) in [7, 11) is -2.66. The van der Waals surface area contributed by atoms with Crippen LogP contribution in [0.25, 0.3) is 0 Å². The smallest absolute Gasteiger partial charge is 0.307 e. The Bertz CT molecular complexity index is 658. The van der Waals surface area contributed by atoms with Crippen molar-refractivity contribution < 1.29 is 32.7 Å². The second-order valence-electron chi connectivity index (χ2n) is 4.75. The van der Waals surface area contributed by atoms with Gasteiger partial charge in [0.2, 0.25) is 10.0 Å². The van der Waals surface area contributed by atoms with Crippen LogP contribution in [0.1, 0.15) is 19.8 Å². The highest BCUT2D eigenvalue weighted by atomic mass is 32.2. The minimum absolute atomic E-state index is 0.124. The van der Waals surface area contributed by atoms with Crippen LogP contribution in [0.5, 0.6) is 5.75 Å². The number of nitrogens with one attached hydrogen (secondary N) is 2. The minimum atomic E-state index is -4.09. The Morgan fingerprint density at radius 3 is 2.38 bits per heavy atom. The second-order valence-corrected chi connectivity index (χ2v) is 6.46. The molecule has 0 spiro atoms. The SMILES string of the molecule is CCCOC(=O)CC(NS(=O)(=O)c1ccc(OC)cc1)C(=O)NO. The number of hydrogen-bond acceptors (Lipinski definition) is 7. The van der Waals surface area contributed by atoms with Crippen LogP contribution < -0.4 is 14.9 Å². The van der Waals surface area contributed by atoms with Crippen LogP contribution >= 0.6 is 0 Å². The zero-order chi connectivity index (χ0) is 18.2. The molecule has 1 atom stereocenters. The number of esters is 1. The first-order chi connectivity index (χ1) is 11.3. The van der Waals surface area contributed by atoms with E-state index in [1.165, 1.54) is 36.9 Å². The highest BCUT2D eigenvalue weighted by Crippen LogP contribution is 2.16. The first-order valence-corrected chi connectivity index (χ1v) is 8.58. The van der Waals surface area contributed by atoms with Gasteiger partial charge in [-0.3, -0.25) is 14.8 Å². The number of rotatable bonds is 9. The highest BCUT2D eigenvalue weighted by molar-refractivity contribution is 7.89. The Hall–Kier alpha value is -2.17. The van der Waals surface area contributed by atoms with Crippen molar-refractivity contribution in [2.24, 2.45) is 0 Å². The standard InChI is InChI=1S/C14H20N2O7S/c1-3-8-23-13(17)9-12(14(18)15-19)16-24(20,21)11-6-4-10(22-2)5-7-11/h4-7,12,16,19H,3,8-9H2,1-2H3,(H,15,18). The van der Waals surface area contributed by atoms with Gasteiger partial charge in [-0.05, 0) is 30.7 Å². The molecule has 10 heteroatoms. The average Bonchev–Trinajstić information content (AvgIpc) is 2.58. The Labute approximate surface area is 140 Å². The third kappa shape index (κ3) is 5.80. The van der Waals surface area contributed by atoms with Gasteiger partial charge in [0.1, 0.15) is 11.8 Å². The summed E-state index contributed by atoms with van der Waals surface area (Å²) in [6, 6.07) is 3.93. The number of carbonyl (C=O) groups excluding carboxylic acids is 2. The number of ether oxygens (including phenoxy) is 2. The molecule has 0 bridgehead atoms. The van der Waals surface area contributed by atoms with Crippen LogP contribution in [0.3, 0.4) is 0 Å². The largest absolute Gasteiger partial charge is 0.497 e. The molecule has 0 fully saturated rings. The van der Waals surface area contributed by atoms with Gasteiger partial charge in [0, 0.05) is 0 Å². The fourth-order valence-corrected chi connectivity index (χ4v) is 2.91. The van der Waals surface area contributed by atoms with Gasteiger partial charge in [-0.2, -0.15) is 4.72 Å². The van der Waals surface area contributed by atoms with Crippen LogP contribution in [0.2, 0.25) is 0 Å². The van der Waals surface area contributed by atoms with Crippen molar-refractivity contribution in [1.82, 2.24) is 10.2 Å². The van der Waals surface area contributed by atoms with Crippen LogP contribution in [0.4, 0.5) is 0 Å². The van der Waals surface area contributed by atoms with Gasteiger partial charge in [-0.25, -0.2) is 13.9 Å². The molecule has 1 aromatic rings. The van der Waals surface area contributed by atoms with E-state index in [0.717, 1.165) is 0 Å². The molecule has 0 heterocycles. The van der Waals surface area contributed by atoms with Crippen LogP contribution in [-0.2, 0) is 24.3 Å². The molecule has 24 heavy (non-hydrogen) atoms. The van der Waals surface area contributed by atoms with Crippen molar-refractivity contribution in [1.29, 1.82) is 0 Å². The number of sulfonamides is 1. The topological polar surface area (TPSA) is 131 Å². The van der Waals surface area contributed by atoms with Crippen LogP contribution in [0.15, 0.2) is 29.2 Å². The van der Waals surface area contributed by atoms with Crippen molar-refractivity contribution in [3.05, 3.63) is 24.3 Å². The lowest BCUT2D eigenvalue weighted by Crippen LogP contribution is -2.47. The maximum absolute atomic E-state index is 12.3. The zero-order valence-corrected chi connectivity index (χ0v) is 14.1. The first-order valence-electron chi connectivity index (χ1n) is 7.10. The summed E-state index contributed by atoms with van der Waals surface area (Å²) in [5.74, 6) is -1.37. The van der Waals surface area contributed by atoms with Crippen molar-refractivity contribution in [2.75, 3.05) is 13.7 Å². The molecule has 1 rings (SSSR count). The summed E-state index contributed by atoms with van der Waals surface area (Å²) in [5, 5.41) is 8.73. The summed E-state index contributed by atoms with van der Waals surface area (Å²) in [5.41, 5.74) is 1.33. The molecule has 0 aromatic heterocycles. The molecule has 0 aliphatic rings. The molecule has 0 radical (unpaired) electrons. The lowest BCUT2D eigenvalue weighted by atomic mass is 10.2. The van der Waals surface area contributed by atoms with Gasteiger partial charge in [0.05, 0.1) is 25.0 Å². The van der Waals surface area contributed by atoms with E-state index in [1.807, 2.05) is 0 Å². The van der Waals surface area contributed by atoms with Crippen LogP contribution in [-0.4, -0.2) is 45.3 Å². The van der Waals surface area contributed by atoms with E-state index in [1.54, 1.807) is 6.92 Å². The first kappa shape index (κ1) is 19.9. The van der Waals surface area contributed by atoms with Gasteiger partial charge in [0.25, 0.3) is 5.91 Å². The summed E-state index contributed by atoms with van der Waals surface area (Å²) in [6.07, 6.45) is 0.0297. The molecular weight excluding hydrogens is 340 g/mol. The lowest BCUT2D eigenvalue weighted by molar-refractivity contribution is -0.146. The van der Waals surface area contributed by atoms with E-state index < -0.39 is 34.4 Å². The summed E-state index contributed by atoms with van der Waals surface area (Å²) in [4.78, 5) is 23.1. The van der Waals surface area contributed by atoms with Gasteiger partial charge in [-0.1, -0.05) is 6.92 Å². The third-order valence-corrected chi connectivity index (χ3v) is 4.42. The number of methoxy groups -OCH3 is 1. The monoisotopic (exact) mass is 360 g/mol. The van der Waals surface area contributed by atoms with Crippen molar-refractivity contribution in [3.8, 4) is 5.75 Å². The summed E-state index contributed by atoms with van der Waals surface area (Å²) < 4.78 is 36.4. The maximum atomic E-state index is 12.3. The molecule has 9 nitrogen and oxygen atoms in total. The second kappa shape index (κ2) is 9.21. The zero-order valence-electron chi connectivity index (χ0n) is 13.3. The molecule has 1 aromatic carbocycles. The van der Waals surface area contributed by atoms with E-state index in [-0.39, 0.29) is 11.5 Å². The molecule has 0 saturated heterocycles. The predicted octanol–water partition coefficient (Wildman–Crippen LogP) is 0.191. The van der Waals surface area contributed by atoms with E-state index in [0.29, 0.717) is 12.2 Å². The van der Waals surface area contributed by atoms with E-state index in [9.17, 15) is 18.0 Å². The Balaban J connectivity index is 2.90. The molecule has 1 unspecified atom stereocenters. The minimum Gasteiger partial charge on any atom is -0.497 e. The quantitative estimate of drug-likeness (QED) is 0.325. The van der Waals surface area contributed by atoms with Gasteiger partial charge in [0.15, 0.2) is 0 Å². The number of hydroxylamine groups is 1. The van der Waals surface area contributed by atoms with Crippen molar-refractivity contribution >= 4 is 21.9 Å². The van der Waals surface area contributed by atoms with Crippen molar-refractivity contribution in [3.63, 3.8) is 0 Å². The third-order valence-electron chi connectivity index (χ3n) is 2.93. The fraction of sp³-hybridized carbons (Fsp3) is 0.429. The average molecular weight is 360 g/mol.